The summed E-state index contributed by atoms with van der Waals surface area (Å²) in [5, 5.41) is 21.1. The number of esters is 1. The molecule has 0 fully saturated rings. The average molecular weight is 483 g/mol. The van der Waals surface area contributed by atoms with Gasteiger partial charge in [0.25, 0.3) is 23.2 Å². The van der Waals surface area contributed by atoms with Crippen LogP contribution in [0.4, 0.5) is 11.4 Å². The van der Waals surface area contributed by atoms with E-state index in [1.165, 1.54) is 30.3 Å². The van der Waals surface area contributed by atoms with E-state index in [1.54, 1.807) is 0 Å². The van der Waals surface area contributed by atoms with Crippen molar-refractivity contribution in [1.82, 2.24) is 9.97 Å². The van der Waals surface area contributed by atoms with E-state index in [4.69, 9.17) is 10.9 Å². The monoisotopic (exact) mass is 483 g/mol. The molecule has 2 unspecified atom stereocenters. The number of nitrogens with two attached hydrogens (primary N) is 1. The van der Waals surface area contributed by atoms with Crippen molar-refractivity contribution in [2.75, 3.05) is 12.4 Å². The van der Waals surface area contributed by atoms with Crippen LogP contribution < -0.4 is 21.8 Å². The Morgan fingerprint density at radius 3 is 2.46 bits per heavy atom. The molecule has 180 valence electrons. The number of Topliss-reactive ketones (excluding diaryl/α,β-unsaturated/α-hetero) is 2. The Morgan fingerprint density at radius 2 is 1.83 bits per heavy atom. The fourth-order valence-corrected chi connectivity index (χ4v) is 3.14. The number of amides is 2. The smallest absolute Gasteiger partial charge is 0.375 e. The number of hydrogen-bond acceptors (Lipinski definition) is 10. The number of fused-ring (bicyclic) bond motifs is 1. The summed E-state index contributed by atoms with van der Waals surface area (Å²) in [6, 6.07) is 8.89. The number of H-pyrrole nitrogens is 1. The van der Waals surface area contributed by atoms with Gasteiger partial charge in [-0.25, -0.2) is 15.0 Å². The van der Waals surface area contributed by atoms with Crippen LogP contribution in [0.1, 0.15) is 22.0 Å². The first-order valence-corrected chi connectivity index (χ1v) is 9.68. The predicted molar refractivity (Wildman–Crippen MR) is 117 cm³/mol. The van der Waals surface area contributed by atoms with Crippen molar-refractivity contribution in [3.63, 3.8) is 0 Å². The molecule has 1 aromatic heterocycles. The number of rotatable bonds is 8. The molecule has 3 rings (SSSR count). The van der Waals surface area contributed by atoms with Gasteiger partial charge in [-0.05, 0) is 18.2 Å². The molecule has 2 aromatic carbocycles. The third kappa shape index (κ3) is 5.09. The maximum Gasteiger partial charge on any atom is 0.375 e. The highest BCUT2D eigenvalue weighted by molar-refractivity contribution is 6.52. The van der Waals surface area contributed by atoms with E-state index in [0.29, 0.717) is 0 Å². The normalized spacial score (nSPS) is 12.4. The van der Waals surface area contributed by atoms with Crippen LogP contribution in [-0.4, -0.2) is 51.6 Å². The molecule has 14 nitrogen and oxygen atoms in total. The van der Waals surface area contributed by atoms with Crippen molar-refractivity contribution >= 4 is 51.8 Å². The molecule has 1 heterocycles. The molecule has 0 aliphatic heterocycles. The number of primary amides is 1. The first-order valence-electron chi connectivity index (χ1n) is 9.68. The lowest BCUT2D eigenvalue weighted by Crippen LogP contribution is -2.99. The summed E-state index contributed by atoms with van der Waals surface area (Å²) in [4.78, 5) is 80.7. The summed E-state index contributed by atoms with van der Waals surface area (Å²) in [7, 11) is 0.858. The van der Waals surface area contributed by atoms with Crippen molar-refractivity contribution in [3.05, 3.63) is 69.3 Å². The van der Waals surface area contributed by atoms with Gasteiger partial charge in [-0.2, -0.15) is 5.23 Å². The second kappa shape index (κ2) is 10.0. The number of aromatic nitrogens is 2. The Hall–Kier alpha value is -4.79. The molecular formula is C21H17N5O9. The van der Waals surface area contributed by atoms with E-state index >= 15 is 0 Å². The van der Waals surface area contributed by atoms with Crippen molar-refractivity contribution in [3.8, 4) is 0 Å². The molecular weight excluding hydrogens is 466 g/mol. The van der Waals surface area contributed by atoms with Crippen LogP contribution in [0.2, 0.25) is 0 Å². The van der Waals surface area contributed by atoms with Crippen molar-refractivity contribution < 1.29 is 39.1 Å². The number of ketones is 2. The number of nitrogens with zero attached hydrogens (tertiary/aromatic N) is 1. The van der Waals surface area contributed by atoms with Crippen molar-refractivity contribution in [2.45, 2.75) is 5.92 Å². The Morgan fingerprint density at radius 1 is 1.14 bits per heavy atom. The number of ether oxygens (including phenoxy) is 1. The number of benzene rings is 2. The summed E-state index contributed by atoms with van der Waals surface area (Å²) in [5.74, 6) is -9.26. The summed E-state index contributed by atoms with van der Waals surface area (Å²) < 4.78 is 4.34. The van der Waals surface area contributed by atoms with Gasteiger partial charge >= 0.3 is 5.97 Å². The molecule has 0 saturated heterocycles. The van der Waals surface area contributed by atoms with E-state index < -0.39 is 51.7 Å². The highest BCUT2D eigenvalue weighted by Gasteiger charge is 2.40. The number of para-hydroxylation sites is 1. The van der Waals surface area contributed by atoms with Crippen LogP contribution in [0.3, 0.4) is 0 Å². The zero-order valence-corrected chi connectivity index (χ0v) is 17.9. The third-order valence-corrected chi connectivity index (χ3v) is 4.81. The molecule has 6 N–H and O–H groups in total. The van der Waals surface area contributed by atoms with Gasteiger partial charge in [0, 0.05) is 12.1 Å². The number of methoxy groups -OCH3 is 1. The van der Waals surface area contributed by atoms with Crippen LogP contribution in [-0.2, 0) is 23.9 Å². The molecule has 14 heteroatoms. The van der Waals surface area contributed by atoms with Crippen molar-refractivity contribution in [2.24, 2.45) is 5.73 Å². The SMILES string of the molecule is COC(=O)C(=O)C(C(=O)C(=O)Nc1ccccc1C(N)=O)c1nc2ccc([NH+]([O-])O)cc2[nH]c1=O. The first kappa shape index (κ1) is 24.8. The summed E-state index contributed by atoms with van der Waals surface area (Å²) >= 11 is 0. The first-order chi connectivity index (χ1) is 16.5. The zero-order chi connectivity index (χ0) is 25.9. The van der Waals surface area contributed by atoms with Gasteiger partial charge in [0.1, 0.15) is 11.6 Å². The summed E-state index contributed by atoms with van der Waals surface area (Å²) in [5.41, 5.74) is 2.81. The zero-order valence-electron chi connectivity index (χ0n) is 17.9. The molecule has 0 aliphatic rings. The Bertz CT molecular complexity index is 1430. The number of hydrogen-bond donors (Lipinski definition) is 5. The van der Waals surface area contributed by atoms with Gasteiger partial charge in [-0.3, -0.25) is 24.0 Å². The molecule has 0 spiro atoms. The third-order valence-electron chi connectivity index (χ3n) is 4.81. The molecule has 3 aromatic rings. The van der Waals surface area contributed by atoms with Gasteiger partial charge in [0.15, 0.2) is 5.69 Å². The van der Waals surface area contributed by atoms with E-state index in [9.17, 15) is 34.0 Å². The molecule has 35 heavy (non-hydrogen) atoms. The maximum absolute atomic E-state index is 13.0. The molecule has 0 saturated carbocycles. The highest BCUT2D eigenvalue weighted by atomic mass is 16.8. The van der Waals surface area contributed by atoms with Crippen LogP contribution in [0.25, 0.3) is 11.0 Å². The van der Waals surface area contributed by atoms with Crippen LogP contribution >= 0.6 is 0 Å². The second-order valence-electron chi connectivity index (χ2n) is 7.01. The van der Waals surface area contributed by atoms with Crippen LogP contribution in [0, 0.1) is 5.21 Å². The second-order valence-corrected chi connectivity index (χ2v) is 7.01. The number of nitrogens with one attached hydrogen (secondary N) is 3. The minimum absolute atomic E-state index is 0.0282. The minimum Gasteiger partial charge on any atom is -0.595 e. The minimum atomic E-state index is -2.30. The van der Waals surface area contributed by atoms with Gasteiger partial charge < -0.3 is 26.0 Å². The lowest BCUT2D eigenvalue weighted by molar-refractivity contribution is -0.991. The molecule has 0 bridgehead atoms. The van der Waals surface area contributed by atoms with Gasteiger partial charge in [-0.1, -0.05) is 12.1 Å². The number of quaternary nitrogens is 1. The fraction of sp³-hybridized carbons (Fsp3) is 0.0952. The number of carbonyl (C=O) groups is 5. The maximum atomic E-state index is 13.0. The lowest BCUT2D eigenvalue weighted by Gasteiger charge is -2.15. The predicted octanol–water partition coefficient (Wildman–Crippen LogP) is -1.54. The van der Waals surface area contributed by atoms with Gasteiger partial charge in [0.2, 0.25) is 5.78 Å². The standard InChI is InChI=1S/C21H17N5O9/c1-35-21(32)17(28)14(16(27)20(31)24-11-5-3-2-4-10(11)18(22)29)15-19(30)25-13-8-9(26(33)34)6-7-12(13)23-15/h2-8,14,26,33H,1H3,(H2,22,29)(H,24,31)(H,25,30). The van der Waals surface area contributed by atoms with Crippen LogP contribution in [0.15, 0.2) is 47.3 Å². The number of anilines is 1. The molecule has 0 radical (unpaired) electrons. The van der Waals surface area contributed by atoms with E-state index in [-0.39, 0.29) is 28.0 Å². The number of aromatic amines is 1. The van der Waals surface area contributed by atoms with Crippen molar-refractivity contribution in [1.29, 1.82) is 0 Å². The van der Waals surface area contributed by atoms with E-state index in [2.05, 4.69) is 20.0 Å². The topological polar surface area (TPSA) is 226 Å². The summed E-state index contributed by atoms with van der Waals surface area (Å²) in [6.45, 7) is 0. The Labute approximate surface area is 194 Å². The fourth-order valence-electron chi connectivity index (χ4n) is 3.14. The van der Waals surface area contributed by atoms with E-state index in [1.807, 2.05) is 0 Å². The summed E-state index contributed by atoms with van der Waals surface area (Å²) in [6.07, 6.45) is 0. The Balaban J connectivity index is 2.08. The average Bonchev–Trinajstić information content (AvgIpc) is 2.83. The van der Waals surface area contributed by atoms with Gasteiger partial charge in [-0.15, -0.1) is 0 Å². The van der Waals surface area contributed by atoms with E-state index in [0.717, 1.165) is 19.2 Å². The lowest BCUT2D eigenvalue weighted by atomic mass is 9.94. The Kier molecular flexibility index (Phi) is 7.10. The molecule has 2 atom stereocenters. The molecule has 0 aliphatic carbocycles. The highest BCUT2D eigenvalue weighted by Crippen LogP contribution is 2.20. The quantitative estimate of drug-likeness (QED) is 0.107. The number of carbonyl (C=O) groups excluding carboxylic acids is 5. The molecule has 2 amide bonds. The van der Waals surface area contributed by atoms with Crippen LogP contribution in [0.5, 0.6) is 0 Å². The largest absolute Gasteiger partial charge is 0.595 e. The van der Waals surface area contributed by atoms with Gasteiger partial charge in [0.05, 0.1) is 29.4 Å².